The number of benzene rings is 2. The number of amides is 1. The molecule has 1 amide bonds. The van der Waals surface area contributed by atoms with E-state index in [1.54, 1.807) is 25.3 Å². The molecule has 2 N–H and O–H groups in total. The van der Waals surface area contributed by atoms with E-state index >= 15 is 0 Å². The van der Waals surface area contributed by atoms with Gasteiger partial charge in [-0.05, 0) is 55.5 Å². The summed E-state index contributed by atoms with van der Waals surface area (Å²) in [7, 11) is 1.58. The molecule has 0 aliphatic carbocycles. The van der Waals surface area contributed by atoms with Gasteiger partial charge in [-0.15, -0.1) is 0 Å². The molecule has 0 unspecified atom stereocenters. The molecule has 29 heavy (non-hydrogen) atoms. The van der Waals surface area contributed by atoms with Crippen LogP contribution in [0, 0.1) is 5.41 Å². The molecule has 1 aromatic heterocycles. The summed E-state index contributed by atoms with van der Waals surface area (Å²) in [5, 5.41) is 12.1. The lowest BCUT2D eigenvalue weighted by atomic mass is 9.90. The van der Waals surface area contributed by atoms with Crippen molar-refractivity contribution in [2.75, 3.05) is 30.4 Å². The van der Waals surface area contributed by atoms with E-state index in [0.29, 0.717) is 11.4 Å². The second kappa shape index (κ2) is 6.95. The second-order valence-corrected chi connectivity index (χ2v) is 7.65. The summed E-state index contributed by atoms with van der Waals surface area (Å²) in [4.78, 5) is 15.3. The third-order valence-electron chi connectivity index (χ3n) is 5.82. The number of rotatable bonds is 3. The number of carbonyl (C=O) groups excluding carboxylic acids is 1. The third kappa shape index (κ3) is 3.05. The Morgan fingerprint density at radius 1 is 1.17 bits per heavy atom. The summed E-state index contributed by atoms with van der Waals surface area (Å²) in [6, 6.07) is 11.1. The number of hydrogen-bond donors (Lipinski definition) is 2. The highest BCUT2D eigenvalue weighted by Gasteiger charge is 2.27. The van der Waals surface area contributed by atoms with Gasteiger partial charge in [0.05, 0.1) is 7.11 Å². The summed E-state index contributed by atoms with van der Waals surface area (Å²) in [6.45, 7) is 2.17. The number of aryl methyl sites for hydroxylation is 2. The van der Waals surface area contributed by atoms with E-state index in [2.05, 4.69) is 16.3 Å². The van der Waals surface area contributed by atoms with Crippen molar-refractivity contribution in [2.24, 2.45) is 0 Å². The molecule has 2 aromatic carbocycles. The minimum absolute atomic E-state index is 0.109. The fraction of sp³-hybridized carbons (Fsp3) is 0.304. The summed E-state index contributed by atoms with van der Waals surface area (Å²) in [5.41, 5.74) is 5.30. The Balaban J connectivity index is 1.57. The first kappa shape index (κ1) is 17.8. The highest BCUT2D eigenvalue weighted by molar-refractivity contribution is 6.05. The van der Waals surface area contributed by atoms with Crippen molar-refractivity contribution in [3.05, 3.63) is 58.6 Å². The molecule has 0 atom stereocenters. The van der Waals surface area contributed by atoms with Crippen LogP contribution in [0.15, 0.2) is 40.8 Å². The van der Waals surface area contributed by atoms with Crippen LogP contribution in [0.3, 0.4) is 0 Å². The molecule has 6 nitrogen and oxygen atoms in total. The smallest absolute Gasteiger partial charge is 0.261 e. The van der Waals surface area contributed by atoms with Crippen LogP contribution in [0.2, 0.25) is 0 Å². The Labute approximate surface area is 168 Å². The zero-order valence-corrected chi connectivity index (χ0v) is 16.4. The van der Waals surface area contributed by atoms with E-state index < -0.39 is 0 Å². The first-order chi connectivity index (χ1) is 14.1. The minimum Gasteiger partial charge on any atom is -0.497 e. The van der Waals surface area contributed by atoms with Gasteiger partial charge in [0.25, 0.3) is 5.91 Å². The molecule has 0 radical (unpaired) electrons. The Bertz CT molecular complexity index is 1180. The van der Waals surface area contributed by atoms with Crippen molar-refractivity contribution in [2.45, 2.75) is 25.7 Å². The number of anilines is 2. The van der Waals surface area contributed by atoms with E-state index in [9.17, 15) is 4.79 Å². The fourth-order valence-corrected chi connectivity index (χ4v) is 4.53. The predicted octanol–water partition coefficient (Wildman–Crippen LogP) is 3.87. The molecule has 2 aliphatic rings. The number of nitrogens with one attached hydrogen (secondary N) is 2. The van der Waals surface area contributed by atoms with Crippen LogP contribution in [-0.4, -0.2) is 26.1 Å². The molecular weight excluding hydrogens is 366 g/mol. The van der Waals surface area contributed by atoms with Crippen molar-refractivity contribution in [1.29, 1.82) is 5.41 Å². The normalized spacial score (nSPS) is 15.1. The Morgan fingerprint density at radius 3 is 2.83 bits per heavy atom. The van der Waals surface area contributed by atoms with E-state index in [0.717, 1.165) is 49.7 Å². The second-order valence-electron chi connectivity index (χ2n) is 7.65. The molecule has 3 heterocycles. The van der Waals surface area contributed by atoms with Crippen LogP contribution in [-0.2, 0) is 12.8 Å². The quantitative estimate of drug-likeness (QED) is 0.713. The maximum Gasteiger partial charge on any atom is 0.261 e. The molecule has 2 aliphatic heterocycles. The van der Waals surface area contributed by atoms with Gasteiger partial charge in [0, 0.05) is 41.5 Å². The van der Waals surface area contributed by atoms with Gasteiger partial charge in [0.1, 0.15) is 16.9 Å². The first-order valence-electron chi connectivity index (χ1n) is 10.0. The SMILES string of the molecule is COc1cccc(NC(=O)c2cc3cc4c5c(c3oc2=N)CCCN5CCC4)c1. The van der Waals surface area contributed by atoms with Gasteiger partial charge in [0.2, 0.25) is 5.55 Å². The Hall–Kier alpha value is -3.28. The lowest BCUT2D eigenvalue weighted by Crippen LogP contribution is -2.34. The van der Waals surface area contributed by atoms with Gasteiger partial charge in [-0.3, -0.25) is 10.2 Å². The zero-order chi connectivity index (χ0) is 20.0. The summed E-state index contributed by atoms with van der Waals surface area (Å²) in [6.07, 6.45) is 4.23. The van der Waals surface area contributed by atoms with Crippen molar-refractivity contribution in [3.63, 3.8) is 0 Å². The van der Waals surface area contributed by atoms with Crippen molar-refractivity contribution < 1.29 is 13.9 Å². The Kier molecular flexibility index (Phi) is 4.27. The summed E-state index contributed by atoms with van der Waals surface area (Å²) in [5.74, 6) is 0.300. The fourth-order valence-electron chi connectivity index (χ4n) is 4.53. The molecule has 0 spiro atoms. The van der Waals surface area contributed by atoms with Crippen LogP contribution in [0.1, 0.15) is 34.3 Å². The maximum atomic E-state index is 12.8. The molecule has 5 rings (SSSR count). The van der Waals surface area contributed by atoms with E-state index in [-0.39, 0.29) is 17.0 Å². The number of hydrogen-bond acceptors (Lipinski definition) is 5. The molecule has 148 valence electrons. The van der Waals surface area contributed by atoms with Crippen LogP contribution in [0.25, 0.3) is 11.0 Å². The van der Waals surface area contributed by atoms with Crippen molar-refractivity contribution in [1.82, 2.24) is 0 Å². The number of fused-ring (bicyclic) bond motifs is 2. The van der Waals surface area contributed by atoms with Gasteiger partial charge in [-0.1, -0.05) is 6.07 Å². The molecule has 0 saturated carbocycles. The molecular formula is C23H23N3O3. The molecule has 0 bridgehead atoms. The average molecular weight is 389 g/mol. The van der Waals surface area contributed by atoms with Crippen LogP contribution < -0.4 is 20.5 Å². The summed E-state index contributed by atoms with van der Waals surface area (Å²) >= 11 is 0. The number of nitrogens with zero attached hydrogens (tertiary/aromatic N) is 1. The van der Waals surface area contributed by atoms with E-state index in [4.69, 9.17) is 14.6 Å². The van der Waals surface area contributed by atoms with Crippen LogP contribution in [0.5, 0.6) is 5.75 Å². The highest BCUT2D eigenvalue weighted by atomic mass is 16.5. The monoisotopic (exact) mass is 389 g/mol. The largest absolute Gasteiger partial charge is 0.497 e. The van der Waals surface area contributed by atoms with E-state index in [1.807, 2.05) is 12.1 Å². The van der Waals surface area contributed by atoms with Gasteiger partial charge >= 0.3 is 0 Å². The molecule has 3 aromatic rings. The van der Waals surface area contributed by atoms with Crippen LogP contribution >= 0.6 is 0 Å². The van der Waals surface area contributed by atoms with Crippen LogP contribution in [0.4, 0.5) is 11.4 Å². The molecule has 0 saturated heterocycles. The minimum atomic E-state index is -0.359. The Morgan fingerprint density at radius 2 is 2.00 bits per heavy atom. The number of methoxy groups -OCH3 is 1. The van der Waals surface area contributed by atoms with Gasteiger partial charge in [-0.25, -0.2) is 0 Å². The highest BCUT2D eigenvalue weighted by Crippen LogP contribution is 2.39. The predicted molar refractivity (Wildman–Crippen MR) is 112 cm³/mol. The third-order valence-corrected chi connectivity index (χ3v) is 5.82. The van der Waals surface area contributed by atoms with Gasteiger partial charge in [0.15, 0.2) is 0 Å². The van der Waals surface area contributed by atoms with Crippen molar-refractivity contribution in [3.8, 4) is 5.75 Å². The van der Waals surface area contributed by atoms with Gasteiger partial charge < -0.3 is 19.4 Å². The first-order valence-corrected chi connectivity index (χ1v) is 10.0. The lowest BCUT2D eigenvalue weighted by molar-refractivity contribution is 0.102. The van der Waals surface area contributed by atoms with Gasteiger partial charge in [-0.2, -0.15) is 0 Å². The van der Waals surface area contributed by atoms with Crippen molar-refractivity contribution >= 4 is 28.3 Å². The zero-order valence-electron chi connectivity index (χ0n) is 16.4. The summed E-state index contributed by atoms with van der Waals surface area (Å²) < 4.78 is 11.1. The number of ether oxygens (including phenoxy) is 1. The lowest BCUT2D eigenvalue weighted by Gasteiger charge is -2.37. The van der Waals surface area contributed by atoms with E-state index in [1.165, 1.54) is 16.8 Å². The standard InChI is InChI=1S/C23H23N3O3/c1-28-17-7-2-6-16(13-17)25-23(27)19-12-15-11-14-5-3-9-26-10-4-8-18(20(14)26)21(15)29-22(19)24/h2,6-7,11-13,24H,3-5,8-10H2,1H3,(H,25,27). The maximum absolute atomic E-state index is 12.8. The molecule has 0 fully saturated rings. The topological polar surface area (TPSA) is 78.6 Å². The average Bonchev–Trinajstić information content (AvgIpc) is 2.74. The number of carbonyl (C=O) groups is 1. The molecule has 6 heteroatoms.